The Morgan fingerprint density at radius 3 is 1.09 bits per heavy atom. The van der Waals surface area contributed by atoms with Crippen molar-refractivity contribution in [1.29, 1.82) is 0 Å². The minimum atomic E-state index is -6.10. The van der Waals surface area contributed by atoms with Gasteiger partial charge >= 0.3 is 39.3 Å². The third-order valence-electron chi connectivity index (χ3n) is 24.9. The summed E-state index contributed by atoms with van der Waals surface area (Å²) in [5.41, 5.74) is -1.70. The molecule has 4 aromatic rings. The van der Waals surface area contributed by atoms with Crippen LogP contribution in [0.15, 0.2) is 121 Å². The van der Waals surface area contributed by atoms with Gasteiger partial charge in [0.05, 0.1) is 52.3 Å². The van der Waals surface area contributed by atoms with Crippen molar-refractivity contribution >= 4 is 59.4 Å². The third-order valence-corrected chi connectivity index (χ3v) is 33.1. The minimum absolute atomic E-state index is 0.00518. The van der Waals surface area contributed by atoms with Gasteiger partial charge in [0.15, 0.2) is 20.1 Å². The molecule has 0 saturated carbocycles. The van der Waals surface area contributed by atoms with E-state index in [0.29, 0.717) is 80.0 Å². The lowest BCUT2D eigenvalue weighted by atomic mass is 9.75. The van der Waals surface area contributed by atoms with Gasteiger partial charge in [0.1, 0.15) is 24.4 Å². The number of nitrogens with one attached hydrogen (secondary N) is 2. The Morgan fingerprint density at radius 2 is 0.744 bits per heavy atom. The average Bonchev–Trinajstić information content (AvgIpc) is 0.669. The summed E-state index contributed by atoms with van der Waals surface area (Å²) in [5, 5.41) is 31.9. The van der Waals surface area contributed by atoms with Crippen molar-refractivity contribution in [2.24, 2.45) is 0 Å². The Kier molecular flexibility index (Phi) is 56.4. The summed E-state index contributed by atoms with van der Waals surface area (Å²) in [5.74, 6) is -8.62. The van der Waals surface area contributed by atoms with Crippen LogP contribution in [0.2, 0.25) is 18.1 Å². The molecule has 1 aliphatic rings. The molecule has 8 atom stereocenters. The smallest absolute Gasteiger partial charge is 0.462 e. The number of aliphatic hydroxyl groups is 2. The molecule has 129 heavy (non-hydrogen) atoms. The van der Waals surface area contributed by atoms with Crippen molar-refractivity contribution in [3.8, 4) is 0 Å². The van der Waals surface area contributed by atoms with Crippen molar-refractivity contribution in [2.75, 3.05) is 13.2 Å². The molecule has 4 N–H and O–H groups in total. The van der Waals surface area contributed by atoms with Crippen molar-refractivity contribution < 1.29 is 98.8 Å². The summed E-state index contributed by atoms with van der Waals surface area (Å²) in [6.07, 6.45) is 22.1. The van der Waals surface area contributed by atoms with Crippen molar-refractivity contribution in [2.45, 2.75) is 456 Å². The number of rotatable bonds is 75. The van der Waals surface area contributed by atoms with Gasteiger partial charge in [-0.15, -0.1) is 0 Å². The second kappa shape index (κ2) is 64.1. The van der Waals surface area contributed by atoms with Gasteiger partial charge < -0.3 is 58.0 Å². The molecule has 0 radical (unpaired) electrons. The zero-order valence-electron chi connectivity index (χ0n) is 81.0. The lowest BCUT2D eigenvalue weighted by molar-refractivity contribution is -0.393. The number of unbranched alkanes of at least 4 members (excludes halogenated alkanes) is 30. The normalized spacial score (nSPS) is 18.0. The molecule has 1 fully saturated rings. The highest BCUT2D eigenvalue weighted by molar-refractivity contribution is 7.55. The summed E-state index contributed by atoms with van der Waals surface area (Å²) in [4.78, 5) is 91.1. The number of benzene rings is 4. The first-order valence-electron chi connectivity index (χ1n) is 49.8. The zero-order valence-corrected chi connectivity index (χ0v) is 83.7. The van der Waals surface area contributed by atoms with Gasteiger partial charge in [-0.2, -0.15) is 0 Å². The summed E-state index contributed by atoms with van der Waals surface area (Å²) in [7, 11) is -15.2. The van der Waals surface area contributed by atoms with Crippen molar-refractivity contribution in [3.05, 3.63) is 144 Å². The SMILES string of the molecule is CCCCCCCCCCC[C@H](CC(=O)NCCCC1(NC(=O)C[C@@H](CCCCCCCCCCC)OC(=O)CCCCC)[C@H](O)O[C@H](CO[Si](C)(C)C(C)(C)C)[C@](O)(P(=O)(OCc2ccccc2)OCc2ccccc2)[C@@]1(OC(=O)C[C@@H](CCCCCCCCCCC)OC(=O)CCCCC)OP(=O)(OCc1ccccc1)OCc1ccccc1)OC(=O)CCCCC. The van der Waals surface area contributed by atoms with E-state index >= 15 is 23.8 Å². The highest BCUT2D eigenvalue weighted by Gasteiger charge is 2.85. The van der Waals surface area contributed by atoms with E-state index in [4.69, 9.17) is 50.7 Å². The number of aliphatic hydroxyl groups excluding tert-OH is 1. The Labute approximate surface area is 777 Å². The molecule has 0 spiro atoms. The van der Waals surface area contributed by atoms with Gasteiger partial charge in [0, 0.05) is 25.8 Å². The van der Waals surface area contributed by atoms with Crippen molar-refractivity contribution in [3.63, 3.8) is 0 Å². The molecule has 0 bridgehead atoms. The quantitative estimate of drug-likeness (QED) is 0.00797. The van der Waals surface area contributed by atoms with E-state index in [0.717, 1.165) is 167 Å². The third kappa shape index (κ3) is 42.2. The van der Waals surface area contributed by atoms with E-state index in [-0.39, 0.29) is 45.1 Å². The van der Waals surface area contributed by atoms with Crippen LogP contribution in [0, 0.1) is 0 Å². The number of carbonyl (C=O) groups excluding carboxylic acids is 6. The minimum Gasteiger partial charge on any atom is -0.462 e. The van der Waals surface area contributed by atoms with Crippen LogP contribution in [0.25, 0.3) is 0 Å². The zero-order chi connectivity index (χ0) is 94.0. The standard InChI is InChI=1S/C103H168N2O21P2Si/c1-12-18-24-27-30-33-36-39-57-69-89(121-95(108)72-46-21-15-4)77-93(106)104-76-60-75-101(105-94(107)78-90(122-96(109)73-47-22-16-5)70-58-40-37-34-31-28-25-19-13-2)99(112)124-92(84-120-129(10,11)100(7,8)9)102(113,127(114,116-80-85-61-49-42-50-62-85)117-81-86-63-51-43-52-64-86)103(101,126-128(115,118-82-87-65-53-44-54-66-87)119-83-88-67-55-45-56-68-88)125-98(111)79-91(123-97(110)74-48-23-17-6)71-59-41-38-35-32-29-26-20-14-3/h42-45,49-56,61-68,89-92,99,112-113H,12-41,46-48,57-60,69-84H2,1-11H3,(H,104,106)(H,105,107)/t89-,90-,91-,92-,99-,101?,102+,103+/m1/s1. The number of hydrogen-bond donors (Lipinski definition) is 4. The maximum Gasteiger partial charge on any atom is 0.479 e. The van der Waals surface area contributed by atoms with Crippen LogP contribution in [-0.2, 0) is 115 Å². The van der Waals surface area contributed by atoms with Crippen molar-refractivity contribution in [1.82, 2.24) is 10.6 Å². The van der Waals surface area contributed by atoms with Gasteiger partial charge in [0.2, 0.25) is 11.8 Å². The Morgan fingerprint density at radius 1 is 0.426 bits per heavy atom. The fourth-order valence-electron chi connectivity index (χ4n) is 16.0. The summed E-state index contributed by atoms with van der Waals surface area (Å²) in [6.45, 7) is 18.6. The maximum atomic E-state index is 18.5. The van der Waals surface area contributed by atoms with E-state index in [1.807, 2.05) is 54.6 Å². The molecule has 2 amide bonds. The fourth-order valence-corrected chi connectivity index (χ4v) is 20.8. The van der Waals surface area contributed by atoms with Gasteiger partial charge in [-0.05, 0) is 111 Å². The first-order valence-corrected chi connectivity index (χ1v) is 55.7. The first-order chi connectivity index (χ1) is 62.1. The predicted octanol–water partition coefficient (Wildman–Crippen LogP) is 26.0. The molecule has 0 aliphatic carbocycles. The van der Waals surface area contributed by atoms with Gasteiger partial charge in [-0.3, -0.25) is 42.4 Å². The number of esters is 4. The number of ether oxygens (including phenoxy) is 5. The first kappa shape index (κ1) is 114. The van der Waals surface area contributed by atoms with E-state index in [1.165, 1.54) is 12.8 Å². The largest absolute Gasteiger partial charge is 0.479 e. The highest BCUT2D eigenvalue weighted by atomic mass is 31.2. The number of carbonyl (C=O) groups is 6. The van der Waals surface area contributed by atoms with Gasteiger partial charge in [-0.1, -0.05) is 376 Å². The average molecular weight is 1860 g/mol. The van der Waals surface area contributed by atoms with Crippen LogP contribution < -0.4 is 10.6 Å². The van der Waals surface area contributed by atoms with Crippen LogP contribution in [0.1, 0.15) is 386 Å². The number of hydrogen-bond acceptors (Lipinski definition) is 21. The number of phosphoric ester groups is 1. The molecule has 730 valence electrons. The Hall–Kier alpha value is -5.98. The summed E-state index contributed by atoms with van der Waals surface area (Å²) < 4.78 is 111. The molecule has 0 aromatic heterocycles. The number of phosphoric acid groups is 1. The fraction of sp³-hybridized carbons (Fsp3) is 0.709. The summed E-state index contributed by atoms with van der Waals surface area (Å²) in [6, 6.07) is 34.2. The Balaban J connectivity index is 2.00. The second-order valence-corrected chi connectivity index (χ2v) is 45.7. The molecule has 5 rings (SSSR count). The second-order valence-electron chi connectivity index (χ2n) is 37.1. The predicted molar refractivity (Wildman–Crippen MR) is 514 cm³/mol. The molecular formula is C103H168N2O21P2Si. The van der Waals surface area contributed by atoms with Crippen LogP contribution in [-0.4, -0.2) is 115 Å². The molecule has 1 saturated heterocycles. The molecule has 1 aliphatic heterocycles. The van der Waals surface area contributed by atoms with E-state index < -0.39 is 171 Å². The van der Waals surface area contributed by atoms with E-state index in [2.05, 4.69) is 31.4 Å². The lowest BCUT2D eigenvalue weighted by Gasteiger charge is -2.62. The molecule has 4 aromatic carbocycles. The molecule has 26 heteroatoms. The topological polar surface area (TPSA) is 303 Å². The van der Waals surface area contributed by atoms with E-state index in [9.17, 15) is 24.3 Å². The Bertz CT molecular complexity index is 3690. The van der Waals surface area contributed by atoms with Crippen LogP contribution in [0.5, 0.6) is 0 Å². The maximum absolute atomic E-state index is 18.5. The molecule has 23 nitrogen and oxygen atoms in total. The number of amides is 2. The van der Waals surface area contributed by atoms with Gasteiger partial charge in [0.25, 0.3) is 11.1 Å². The summed E-state index contributed by atoms with van der Waals surface area (Å²) >= 11 is 0. The monoisotopic (exact) mass is 1860 g/mol. The molecule has 1 heterocycles. The van der Waals surface area contributed by atoms with Crippen LogP contribution >= 0.6 is 15.4 Å². The highest BCUT2D eigenvalue weighted by Crippen LogP contribution is 2.74. The van der Waals surface area contributed by atoms with Crippen LogP contribution in [0.3, 0.4) is 0 Å². The molecular weight excluding hydrogens is 1690 g/mol. The molecule has 1 unspecified atom stereocenters. The lowest BCUT2D eigenvalue weighted by Crippen LogP contribution is -2.86. The van der Waals surface area contributed by atoms with Gasteiger partial charge in [-0.25, -0.2) is 9.09 Å². The van der Waals surface area contributed by atoms with E-state index in [1.54, 1.807) is 121 Å². The van der Waals surface area contributed by atoms with Crippen LogP contribution in [0.4, 0.5) is 0 Å².